The SMILES string of the molecule is CN=C1NC(N)(c2ccc(-c3ccnc(C)c3)c(OC)c2)NC2=C1CCC2c1ccccc1. The van der Waals surface area contributed by atoms with E-state index in [1.54, 1.807) is 7.11 Å². The first kappa shape index (κ1) is 21.2. The van der Waals surface area contributed by atoms with E-state index in [1.807, 2.05) is 44.4 Å². The van der Waals surface area contributed by atoms with Crippen LogP contribution in [0.25, 0.3) is 11.1 Å². The van der Waals surface area contributed by atoms with Crippen molar-refractivity contribution in [3.05, 3.63) is 95.0 Å². The molecule has 6 heteroatoms. The molecule has 2 aliphatic rings. The lowest BCUT2D eigenvalue weighted by Crippen LogP contribution is -2.65. The molecule has 0 bridgehead atoms. The lowest BCUT2D eigenvalue weighted by Gasteiger charge is -2.40. The highest BCUT2D eigenvalue weighted by Crippen LogP contribution is 2.42. The molecule has 0 amide bonds. The van der Waals surface area contributed by atoms with Crippen molar-refractivity contribution >= 4 is 5.84 Å². The van der Waals surface area contributed by atoms with E-state index in [2.05, 4.69) is 57.0 Å². The van der Waals surface area contributed by atoms with E-state index in [-0.39, 0.29) is 5.92 Å². The Hall–Kier alpha value is -3.64. The van der Waals surface area contributed by atoms with Crippen molar-refractivity contribution in [2.45, 2.75) is 31.5 Å². The zero-order chi connectivity index (χ0) is 23.0. The van der Waals surface area contributed by atoms with Crippen LogP contribution in [0, 0.1) is 6.92 Å². The van der Waals surface area contributed by atoms with E-state index >= 15 is 0 Å². The highest BCUT2D eigenvalue weighted by molar-refractivity contribution is 6.01. The van der Waals surface area contributed by atoms with Gasteiger partial charge in [0.2, 0.25) is 0 Å². The maximum absolute atomic E-state index is 6.98. The minimum absolute atomic E-state index is 0.268. The fourth-order valence-corrected chi connectivity index (χ4v) is 4.93. The Kier molecular flexibility index (Phi) is 5.38. The Labute approximate surface area is 194 Å². The fourth-order valence-electron chi connectivity index (χ4n) is 4.93. The Morgan fingerprint density at radius 1 is 1.09 bits per heavy atom. The highest BCUT2D eigenvalue weighted by Gasteiger charge is 2.41. The van der Waals surface area contributed by atoms with Gasteiger partial charge in [0.15, 0.2) is 5.79 Å². The minimum Gasteiger partial charge on any atom is -0.496 e. The van der Waals surface area contributed by atoms with Gasteiger partial charge in [0.25, 0.3) is 0 Å². The van der Waals surface area contributed by atoms with Crippen molar-refractivity contribution in [2.75, 3.05) is 14.2 Å². The fraction of sp³-hybridized carbons (Fsp3) is 0.259. The van der Waals surface area contributed by atoms with Crippen molar-refractivity contribution in [2.24, 2.45) is 10.7 Å². The number of benzene rings is 2. The normalized spacial score (nSPS) is 23.2. The summed E-state index contributed by atoms with van der Waals surface area (Å²) in [6, 6.07) is 20.7. The molecule has 0 saturated heterocycles. The molecule has 168 valence electrons. The molecule has 1 aromatic heterocycles. The number of hydrogen-bond acceptors (Lipinski definition) is 5. The van der Waals surface area contributed by atoms with Gasteiger partial charge in [-0.25, -0.2) is 0 Å². The van der Waals surface area contributed by atoms with Crippen molar-refractivity contribution in [1.82, 2.24) is 15.6 Å². The van der Waals surface area contributed by atoms with E-state index in [0.29, 0.717) is 0 Å². The summed E-state index contributed by atoms with van der Waals surface area (Å²) < 4.78 is 5.77. The lowest BCUT2D eigenvalue weighted by atomic mass is 9.93. The number of pyridine rings is 1. The average Bonchev–Trinajstić information content (AvgIpc) is 3.27. The van der Waals surface area contributed by atoms with E-state index in [1.165, 1.54) is 11.1 Å². The Bertz CT molecular complexity index is 1250. The first-order chi connectivity index (χ1) is 16.0. The molecule has 0 spiro atoms. The maximum Gasteiger partial charge on any atom is 0.190 e. The maximum atomic E-state index is 6.98. The second-order valence-electron chi connectivity index (χ2n) is 8.63. The lowest BCUT2D eigenvalue weighted by molar-refractivity contribution is 0.329. The van der Waals surface area contributed by atoms with Gasteiger partial charge in [0.05, 0.1) is 7.11 Å². The first-order valence-electron chi connectivity index (χ1n) is 11.2. The van der Waals surface area contributed by atoms with Crippen LogP contribution in [0.1, 0.15) is 35.6 Å². The van der Waals surface area contributed by atoms with Gasteiger partial charge in [-0.3, -0.25) is 15.7 Å². The summed E-state index contributed by atoms with van der Waals surface area (Å²) in [5, 5.41) is 7.09. The number of ether oxygens (including phenoxy) is 1. The molecule has 1 aliphatic heterocycles. The third-order valence-electron chi connectivity index (χ3n) is 6.58. The number of nitrogens with one attached hydrogen (secondary N) is 2. The molecule has 0 fully saturated rings. The molecule has 3 aromatic rings. The molecule has 0 radical (unpaired) electrons. The van der Waals surface area contributed by atoms with Gasteiger partial charge >= 0.3 is 0 Å². The van der Waals surface area contributed by atoms with Crippen LogP contribution < -0.4 is 21.1 Å². The smallest absolute Gasteiger partial charge is 0.190 e. The quantitative estimate of drug-likeness (QED) is 0.568. The predicted molar refractivity (Wildman–Crippen MR) is 132 cm³/mol. The van der Waals surface area contributed by atoms with E-state index < -0.39 is 5.79 Å². The Morgan fingerprint density at radius 3 is 2.64 bits per heavy atom. The van der Waals surface area contributed by atoms with Crippen LogP contribution in [0.15, 0.2) is 83.1 Å². The number of allylic oxidation sites excluding steroid dienone is 1. The molecule has 2 atom stereocenters. The molecular formula is C27H29N5O. The van der Waals surface area contributed by atoms with Gasteiger partial charge in [0, 0.05) is 47.3 Å². The Morgan fingerprint density at radius 2 is 1.91 bits per heavy atom. The first-order valence-corrected chi connectivity index (χ1v) is 11.2. The second-order valence-corrected chi connectivity index (χ2v) is 8.63. The zero-order valence-corrected chi connectivity index (χ0v) is 19.2. The number of aliphatic imine (C=N–C) groups is 1. The van der Waals surface area contributed by atoms with Crippen molar-refractivity contribution in [1.29, 1.82) is 0 Å². The molecule has 5 rings (SSSR count). The topological polar surface area (TPSA) is 84.6 Å². The largest absolute Gasteiger partial charge is 0.496 e. The number of nitrogens with zero attached hydrogens (tertiary/aromatic N) is 2. The van der Waals surface area contributed by atoms with Crippen LogP contribution in [-0.4, -0.2) is 25.0 Å². The molecule has 2 unspecified atom stereocenters. The third-order valence-corrected chi connectivity index (χ3v) is 6.58. The van der Waals surface area contributed by atoms with Crippen molar-refractivity contribution in [3.8, 4) is 16.9 Å². The van der Waals surface area contributed by atoms with Crippen LogP contribution in [0.2, 0.25) is 0 Å². The summed E-state index contributed by atoms with van der Waals surface area (Å²) in [5.74, 6) is 0.860. The van der Waals surface area contributed by atoms with Crippen LogP contribution >= 0.6 is 0 Å². The number of hydrogen-bond donors (Lipinski definition) is 3. The molecule has 4 N–H and O–H groups in total. The number of aryl methyl sites for hydroxylation is 1. The van der Waals surface area contributed by atoms with Gasteiger partial charge in [-0.1, -0.05) is 42.5 Å². The number of nitrogens with two attached hydrogens (primary N) is 1. The summed E-state index contributed by atoms with van der Waals surface area (Å²) in [4.78, 5) is 8.85. The molecule has 6 nitrogen and oxygen atoms in total. The van der Waals surface area contributed by atoms with Crippen LogP contribution in [-0.2, 0) is 5.79 Å². The van der Waals surface area contributed by atoms with Crippen LogP contribution in [0.5, 0.6) is 5.75 Å². The van der Waals surface area contributed by atoms with Gasteiger partial charge in [-0.15, -0.1) is 0 Å². The minimum atomic E-state index is -1.01. The Balaban J connectivity index is 1.54. The van der Waals surface area contributed by atoms with Gasteiger partial charge in [-0.05, 0) is 49.1 Å². The van der Waals surface area contributed by atoms with E-state index in [4.69, 9.17) is 10.5 Å². The summed E-state index contributed by atoms with van der Waals surface area (Å²) in [6.45, 7) is 1.98. The second kappa shape index (κ2) is 8.37. The number of rotatable bonds is 4. The van der Waals surface area contributed by atoms with Gasteiger partial charge in [0.1, 0.15) is 11.6 Å². The summed E-state index contributed by atoms with van der Waals surface area (Å²) in [5.41, 5.74) is 14.5. The van der Waals surface area contributed by atoms with Crippen LogP contribution in [0.4, 0.5) is 0 Å². The predicted octanol–water partition coefficient (Wildman–Crippen LogP) is 4.19. The average molecular weight is 440 g/mol. The van der Waals surface area contributed by atoms with E-state index in [0.717, 1.165) is 52.5 Å². The molecule has 2 aromatic carbocycles. The molecule has 2 heterocycles. The van der Waals surface area contributed by atoms with Crippen molar-refractivity contribution in [3.63, 3.8) is 0 Å². The van der Waals surface area contributed by atoms with Gasteiger partial charge in [-0.2, -0.15) is 0 Å². The zero-order valence-electron chi connectivity index (χ0n) is 19.2. The van der Waals surface area contributed by atoms with Crippen molar-refractivity contribution < 1.29 is 4.74 Å². The number of amidine groups is 1. The highest BCUT2D eigenvalue weighted by atomic mass is 16.5. The van der Waals surface area contributed by atoms with Crippen LogP contribution in [0.3, 0.4) is 0 Å². The third kappa shape index (κ3) is 3.76. The summed E-state index contributed by atoms with van der Waals surface area (Å²) >= 11 is 0. The summed E-state index contributed by atoms with van der Waals surface area (Å²) in [6.07, 6.45) is 3.80. The summed E-state index contributed by atoms with van der Waals surface area (Å²) in [7, 11) is 3.49. The molecule has 1 aliphatic carbocycles. The molecule has 33 heavy (non-hydrogen) atoms. The monoisotopic (exact) mass is 439 g/mol. The molecule has 0 saturated carbocycles. The van der Waals surface area contributed by atoms with E-state index in [9.17, 15) is 0 Å². The standard InChI is InChI=1S/C27H29N5O/c1-17-15-19(13-14-30-17)21-10-9-20(16-24(21)33-3)27(28)31-25-22(18-7-5-4-6-8-18)11-12-23(25)26(29-2)32-27/h4-10,13-16,22,31H,11-12,28H2,1-3H3,(H,29,32). The van der Waals surface area contributed by atoms with Gasteiger partial charge < -0.3 is 15.4 Å². The number of aromatic nitrogens is 1. The molecular weight excluding hydrogens is 410 g/mol. The number of methoxy groups -OCH3 is 1.